The van der Waals surface area contributed by atoms with Gasteiger partial charge in [-0.05, 0) is 55.0 Å². The predicted octanol–water partition coefficient (Wildman–Crippen LogP) is 4.52. The fourth-order valence-electron chi connectivity index (χ4n) is 2.90. The van der Waals surface area contributed by atoms with E-state index in [4.69, 9.17) is 16.3 Å². The number of thioether (sulfide) groups is 1. The fraction of sp³-hybridized carbons (Fsp3) is 0.217. The molecule has 1 heterocycles. The summed E-state index contributed by atoms with van der Waals surface area (Å²) in [7, 11) is 1.32. The van der Waals surface area contributed by atoms with Crippen LogP contribution in [0, 0.1) is 6.92 Å². The van der Waals surface area contributed by atoms with Crippen molar-refractivity contribution in [2.75, 3.05) is 18.2 Å². The van der Waals surface area contributed by atoms with Crippen molar-refractivity contribution in [1.82, 2.24) is 14.8 Å². The summed E-state index contributed by atoms with van der Waals surface area (Å²) in [5, 5.41) is 12.4. The second kappa shape index (κ2) is 11.5. The van der Waals surface area contributed by atoms with Crippen LogP contribution in [0.2, 0.25) is 5.02 Å². The molecule has 3 aromatic rings. The number of benzene rings is 2. The van der Waals surface area contributed by atoms with E-state index in [0.29, 0.717) is 39.5 Å². The number of rotatable bonds is 10. The maximum Gasteiger partial charge on any atom is 0.337 e. The molecule has 1 aromatic heterocycles. The van der Waals surface area contributed by atoms with Crippen LogP contribution in [0.25, 0.3) is 0 Å². The third kappa shape index (κ3) is 6.59. The topological polar surface area (TPSA) is 95.3 Å². The van der Waals surface area contributed by atoms with Gasteiger partial charge in [0.25, 0.3) is 0 Å². The van der Waals surface area contributed by atoms with Gasteiger partial charge < -0.3 is 14.8 Å². The normalized spacial score (nSPS) is 10.5. The van der Waals surface area contributed by atoms with Crippen LogP contribution >= 0.6 is 23.4 Å². The Labute approximate surface area is 200 Å². The van der Waals surface area contributed by atoms with Crippen LogP contribution in [0.3, 0.4) is 0 Å². The molecule has 0 aliphatic rings. The summed E-state index contributed by atoms with van der Waals surface area (Å²) in [6.07, 6.45) is 1.73. The Kier molecular flexibility index (Phi) is 8.51. The molecule has 0 bridgehead atoms. The molecule has 0 saturated carbocycles. The maximum absolute atomic E-state index is 12.4. The molecule has 0 aliphatic carbocycles. The summed E-state index contributed by atoms with van der Waals surface area (Å²) in [6.45, 7) is 6.39. The van der Waals surface area contributed by atoms with E-state index in [0.717, 1.165) is 5.56 Å². The Bertz CT molecular complexity index is 1150. The third-order valence-corrected chi connectivity index (χ3v) is 5.72. The molecule has 8 nitrogen and oxygen atoms in total. The van der Waals surface area contributed by atoms with Crippen LogP contribution in [0.4, 0.5) is 5.69 Å². The number of halogens is 1. The van der Waals surface area contributed by atoms with Crippen LogP contribution in [-0.4, -0.2) is 39.5 Å². The molecule has 0 saturated heterocycles. The Morgan fingerprint density at radius 3 is 2.64 bits per heavy atom. The lowest BCUT2D eigenvalue weighted by atomic mass is 10.2. The number of carbonyl (C=O) groups is 2. The summed E-state index contributed by atoms with van der Waals surface area (Å²) in [5.74, 6) is 0.806. The van der Waals surface area contributed by atoms with Crippen molar-refractivity contribution in [3.05, 3.63) is 77.1 Å². The second-order valence-electron chi connectivity index (χ2n) is 6.90. The molecule has 0 fully saturated rings. The predicted molar refractivity (Wildman–Crippen MR) is 128 cm³/mol. The number of nitrogens with zero attached hydrogens (tertiary/aromatic N) is 3. The highest BCUT2D eigenvalue weighted by Gasteiger charge is 2.15. The van der Waals surface area contributed by atoms with Gasteiger partial charge in [-0.2, -0.15) is 0 Å². The van der Waals surface area contributed by atoms with Gasteiger partial charge in [0.05, 0.1) is 18.4 Å². The first-order valence-corrected chi connectivity index (χ1v) is 11.3. The van der Waals surface area contributed by atoms with Crippen molar-refractivity contribution in [2.45, 2.75) is 25.2 Å². The first-order chi connectivity index (χ1) is 15.9. The number of nitrogens with one attached hydrogen (secondary N) is 1. The van der Waals surface area contributed by atoms with Gasteiger partial charge in [0, 0.05) is 17.3 Å². The molecule has 2 aromatic carbocycles. The van der Waals surface area contributed by atoms with Gasteiger partial charge >= 0.3 is 5.97 Å². The van der Waals surface area contributed by atoms with Gasteiger partial charge in [0.2, 0.25) is 5.91 Å². The molecule has 10 heteroatoms. The van der Waals surface area contributed by atoms with E-state index in [1.54, 1.807) is 36.4 Å². The lowest BCUT2D eigenvalue weighted by molar-refractivity contribution is -0.113. The van der Waals surface area contributed by atoms with Crippen LogP contribution < -0.4 is 10.1 Å². The van der Waals surface area contributed by atoms with Crippen LogP contribution in [-0.2, 0) is 22.7 Å². The molecule has 1 amide bonds. The number of hydrogen-bond donors (Lipinski definition) is 1. The number of amides is 1. The van der Waals surface area contributed by atoms with Gasteiger partial charge in [-0.1, -0.05) is 29.4 Å². The number of esters is 1. The molecule has 1 N–H and O–H groups in total. The summed E-state index contributed by atoms with van der Waals surface area (Å²) < 4.78 is 12.4. The van der Waals surface area contributed by atoms with Crippen molar-refractivity contribution in [3.63, 3.8) is 0 Å². The fourth-order valence-corrected chi connectivity index (χ4v) is 3.89. The SMILES string of the molecule is C=CCn1c(COc2ccc(Cl)cc2C)nnc1SCC(=O)Nc1ccc(C(=O)OC)cc1. The highest BCUT2D eigenvalue weighted by molar-refractivity contribution is 7.99. The smallest absolute Gasteiger partial charge is 0.337 e. The van der Waals surface area contributed by atoms with Gasteiger partial charge in [0.1, 0.15) is 12.4 Å². The average molecular weight is 487 g/mol. The minimum absolute atomic E-state index is 0.130. The highest BCUT2D eigenvalue weighted by atomic mass is 35.5. The molecule has 0 aliphatic heterocycles. The molecular formula is C23H23ClN4O4S. The van der Waals surface area contributed by atoms with Crippen molar-refractivity contribution in [3.8, 4) is 5.75 Å². The zero-order valence-electron chi connectivity index (χ0n) is 18.2. The first-order valence-electron chi connectivity index (χ1n) is 9.94. The van der Waals surface area contributed by atoms with E-state index in [9.17, 15) is 9.59 Å². The number of aryl methyl sites for hydroxylation is 1. The minimum Gasteiger partial charge on any atom is -0.485 e. The second-order valence-corrected chi connectivity index (χ2v) is 8.28. The standard InChI is InChI=1S/C23H23ClN4O4S/c1-4-11-28-20(13-32-19-10-7-17(24)12-15(19)2)26-27-23(28)33-14-21(29)25-18-8-5-16(6-9-18)22(30)31-3/h4-10,12H,1,11,13-14H2,2-3H3,(H,25,29). The zero-order chi connectivity index (χ0) is 23.8. The number of aromatic nitrogens is 3. The molecule has 3 rings (SSSR count). The number of ether oxygens (including phenoxy) is 2. The summed E-state index contributed by atoms with van der Waals surface area (Å²) in [4.78, 5) is 23.9. The zero-order valence-corrected chi connectivity index (χ0v) is 19.8. The monoisotopic (exact) mass is 486 g/mol. The Hall–Kier alpha value is -3.30. The summed E-state index contributed by atoms with van der Waals surface area (Å²) in [5.41, 5.74) is 1.90. The first kappa shape index (κ1) is 24.3. The van der Waals surface area contributed by atoms with E-state index < -0.39 is 5.97 Å². The minimum atomic E-state index is -0.434. The van der Waals surface area contributed by atoms with Crippen LogP contribution in [0.5, 0.6) is 5.75 Å². The third-order valence-electron chi connectivity index (χ3n) is 4.52. The molecule has 0 atom stereocenters. The number of methoxy groups -OCH3 is 1. The highest BCUT2D eigenvalue weighted by Crippen LogP contribution is 2.24. The Morgan fingerprint density at radius 2 is 1.97 bits per heavy atom. The number of carbonyl (C=O) groups excluding carboxylic acids is 2. The molecule has 0 unspecified atom stereocenters. The van der Waals surface area contributed by atoms with E-state index in [1.165, 1.54) is 18.9 Å². The van der Waals surface area contributed by atoms with Gasteiger partial charge in [-0.15, -0.1) is 16.8 Å². The largest absolute Gasteiger partial charge is 0.485 e. The number of hydrogen-bond acceptors (Lipinski definition) is 7. The average Bonchev–Trinajstić information content (AvgIpc) is 3.19. The molecule has 0 spiro atoms. The quantitative estimate of drug-likeness (QED) is 0.255. The van der Waals surface area contributed by atoms with E-state index in [-0.39, 0.29) is 18.3 Å². The van der Waals surface area contributed by atoms with Crippen molar-refractivity contribution >= 4 is 40.9 Å². The molecular weight excluding hydrogens is 464 g/mol. The summed E-state index contributed by atoms with van der Waals surface area (Å²) >= 11 is 7.25. The van der Waals surface area contributed by atoms with Crippen LogP contribution in [0.15, 0.2) is 60.3 Å². The molecule has 0 radical (unpaired) electrons. The molecule has 172 valence electrons. The van der Waals surface area contributed by atoms with Crippen molar-refractivity contribution < 1.29 is 19.1 Å². The van der Waals surface area contributed by atoms with Crippen molar-refractivity contribution in [2.24, 2.45) is 0 Å². The number of allylic oxidation sites excluding steroid dienone is 1. The number of anilines is 1. The van der Waals surface area contributed by atoms with E-state index in [1.807, 2.05) is 23.6 Å². The van der Waals surface area contributed by atoms with Gasteiger partial charge in [-0.3, -0.25) is 9.36 Å². The Morgan fingerprint density at radius 1 is 1.21 bits per heavy atom. The van der Waals surface area contributed by atoms with Gasteiger partial charge in [0.15, 0.2) is 11.0 Å². The van der Waals surface area contributed by atoms with E-state index in [2.05, 4.69) is 26.8 Å². The maximum atomic E-state index is 12.4. The lowest BCUT2D eigenvalue weighted by Crippen LogP contribution is -2.15. The summed E-state index contributed by atoms with van der Waals surface area (Å²) in [6, 6.07) is 11.9. The van der Waals surface area contributed by atoms with Gasteiger partial charge in [-0.25, -0.2) is 4.79 Å². The Balaban J connectivity index is 1.60. The lowest BCUT2D eigenvalue weighted by Gasteiger charge is -2.11. The molecule has 33 heavy (non-hydrogen) atoms. The van der Waals surface area contributed by atoms with Crippen molar-refractivity contribution in [1.29, 1.82) is 0 Å². The van der Waals surface area contributed by atoms with Crippen LogP contribution in [0.1, 0.15) is 21.7 Å². The van der Waals surface area contributed by atoms with E-state index >= 15 is 0 Å².